The molecule has 0 radical (unpaired) electrons. The number of nitro benzene ring substituents is 1. The van der Waals surface area contributed by atoms with E-state index in [1.807, 2.05) is 13.0 Å². The van der Waals surface area contributed by atoms with Gasteiger partial charge in [-0.1, -0.05) is 52.1 Å². The van der Waals surface area contributed by atoms with Gasteiger partial charge in [-0.2, -0.15) is 9.78 Å². The van der Waals surface area contributed by atoms with Crippen LogP contribution in [0.15, 0.2) is 69.0 Å². The van der Waals surface area contributed by atoms with E-state index in [9.17, 15) is 14.9 Å². The molecule has 0 aliphatic heterocycles. The summed E-state index contributed by atoms with van der Waals surface area (Å²) in [5.41, 5.74) is 1.04. The van der Waals surface area contributed by atoms with Crippen LogP contribution >= 0.6 is 39.1 Å². The van der Waals surface area contributed by atoms with Crippen molar-refractivity contribution in [2.24, 2.45) is 5.10 Å². The van der Waals surface area contributed by atoms with Gasteiger partial charge in [-0.05, 0) is 42.5 Å². The zero-order valence-corrected chi connectivity index (χ0v) is 21.3. The fourth-order valence-corrected chi connectivity index (χ4v) is 4.16. The van der Waals surface area contributed by atoms with Crippen LogP contribution in [0.1, 0.15) is 23.9 Å². The van der Waals surface area contributed by atoms with Crippen molar-refractivity contribution in [2.75, 3.05) is 0 Å². The normalized spacial score (nSPS) is 11.3. The van der Waals surface area contributed by atoms with Crippen molar-refractivity contribution >= 4 is 61.9 Å². The summed E-state index contributed by atoms with van der Waals surface area (Å²) in [5.74, 6) is 0.539. The van der Waals surface area contributed by atoms with E-state index in [-0.39, 0.29) is 23.6 Å². The molecule has 0 saturated carbocycles. The number of nitro groups is 1. The van der Waals surface area contributed by atoms with Crippen LogP contribution in [0.5, 0.6) is 5.75 Å². The summed E-state index contributed by atoms with van der Waals surface area (Å²) in [7, 11) is 0. The monoisotopic (exact) mass is 574 g/mol. The summed E-state index contributed by atoms with van der Waals surface area (Å²) in [6.07, 6.45) is 1.84. The fourth-order valence-electron chi connectivity index (χ4n) is 3.34. The first-order valence-electron chi connectivity index (χ1n) is 10.4. The molecule has 1 heterocycles. The van der Waals surface area contributed by atoms with Crippen molar-refractivity contribution in [1.82, 2.24) is 9.66 Å². The van der Waals surface area contributed by atoms with E-state index in [4.69, 9.17) is 27.9 Å². The maximum absolute atomic E-state index is 13.0. The van der Waals surface area contributed by atoms with Gasteiger partial charge >= 0.3 is 5.69 Å². The Kier molecular flexibility index (Phi) is 7.49. The first-order valence-corrected chi connectivity index (χ1v) is 11.9. The fraction of sp³-hybridized carbons (Fsp3) is 0.125. The molecule has 3 aromatic carbocycles. The summed E-state index contributed by atoms with van der Waals surface area (Å²) < 4.78 is 7.60. The molecule has 4 rings (SSSR count). The van der Waals surface area contributed by atoms with Crippen molar-refractivity contribution in [1.29, 1.82) is 0 Å². The topological polar surface area (TPSA) is 99.6 Å². The molecule has 11 heteroatoms. The van der Waals surface area contributed by atoms with Crippen molar-refractivity contribution in [3.8, 4) is 5.75 Å². The number of hydrogen-bond donors (Lipinski definition) is 0. The molecule has 35 heavy (non-hydrogen) atoms. The average Bonchev–Trinajstić information content (AvgIpc) is 2.83. The lowest BCUT2D eigenvalue weighted by atomic mass is 10.2. The minimum absolute atomic E-state index is 0.0256. The highest BCUT2D eigenvalue weighted by Gasteiger charge is 2.17. The maximum atomic E-state index is 13.0. The van der Waals surface area contributed by atoms with E-state index >= 15 is 0 Å². The minimum Gasteiger partial charge on any atom is -0.482 e. The second-order valence-electron chi connectivity index (χ2n) is 7.41. The molecule has 0 spiro atoms. The van der Waals surface area contributed by atoms with Crippen molar-refractivity contribution < 1.29 is 9.66 Å². The van der Waals surface area contributed by atoms with E-state index in [0.29, 0.717) is 44.3 Å². The third kappa shape index (κ3) is 5.53. The van der Waals surface area contributed by atoms with Crippen molar-refractivity contribution in [2.45, 2.75) is 20.0 Å². The van der Waals surface area contributed by atoms with Gasteiger partial charge in [-0.15, -0.1) is 0 Å². The van der Waals surface area contributed by atoms with Gasteiger partial charge in [0.15, 0.2) is 5.75 Å². The van der Waals surface area contributed by atoms with Crippen LogP contribution in [0.3, 0.4) is 0 Å². The Balaban J connectivity index is 1.65. The molecule has 0 amide bonds. The standard InChI is InChI=1S/C24H17BrCl2N4O4/c1-2-23-29-20-7-5-16(25)10-18(20)24(32)30(23)28-12-14-3-8-22(21(9-14)31(33)34)35-13-15-4-6-17(26)11-19(15)27/h3-12H,2,13H2,1H3. The molecule has 0 aliphatic rings. The van der Waals surface area contributed by atoms with Crippen LogP contribution in [0, 0.1) is 10.1 Å². The lowest BCUT2D eigenvalue weighted by Gasteiger charge is -2.09. The number of rotatable bonds is 7. The molecule has 0 saturated heterocycles. The zero-order valence-electron chi connectivity index (χ0n) is 18.2. The lowest BCUT2D eigenvalue weighted by Crippen LogP contribution is -2.22. The van der Waals surface area contributed by atoms with E-state index in [1.165, 1.54) is 23.0 Å². The second-order valence-corrected chi connectivity index (χ2v) is 9.17. The first-order chi connectivity index (χ1) is 16.8. The molecule has 0 fully saturated rings. The van der Waals surface area contributed by atoms with Gasteiger partial charge in [0.2, 0.25) is 0 Å². The summed E-state index contributed by atoms with van der Waals surface area (Å²) >= 11 is 15.4. The molecule has 178 valence electrons. The molecule has 8 nitrogen and oxygen atoms in total. The largest absolute Gasteiger partial charge is 0.482 e. The second kappa shape index (κ2) is 10.6. The molecular formula is C24H17BrCl2N4O4. The Bertz CT molecular complexity index is 1540. The van der Waals surface area contributed by atoms with Gasteiger partial charge in [-0.3, -0.25) is 14.9 Å². The van der Waals surface area contributed by atoms with E-state index in [0.717, 1.165) is 4.47 Å². The number of fused-ring (bicyclic) bond motifs is 1. The van der Waals surface area contributed by atoms with Gasteiger partial charge in [0.05, 0.1) is 22.0 Å². The van der Waals surface area contributed by atoms with Gasteiger partial charge in [-0.25, -0.2) is 4.98 Å². The van der Waals surface area contributed by atoms with Crippen molar-refractivity contribution in [3.63, 3.8) is 0 Å². The van der Waals surface area contributed by atoms with Crippen LogP contribution in [0.2, 0.25) is 10.0 Å². The smallest absolute Gasteiger partial charge is 0.311 e. The number of hydrogen-bond acceptors (Lipinski definition) is 6. The quantitative estimate of drug-likeness (QED) is 0.144. The Morgan fingerprint density at radius 2 is 1.97 bits per heavy atom. The summed E-state index contributed by atoms with van der Waals surface area (Å²) in [4.78, 5) is 28.7. The number of nitrogens with zero attached hydrogens (tertiary/aromatic N) is 4. The van der Waals surface area contributed by atoms with Crippen LogP contribution in [0.25, 0.3) is 10.9 Å². The third-order valence-electron chi connectivity index (χ3n) is 5.09. The van der Waals surface area contributed by atoms with Crippen LogP contribution in [-0.2, 0) is 13.0 Å². The Morgan fingerprint density at radius 3 is 2.69 bits per heavy atom. The van der Waals surface area contributed by atoms with Gasteiger partial charge in [0, 0.05) is 38.1 Å². The number of benzene rings is 3. The Hall–Kier alpha value is -3.27. The number of ether oxygens (including phenoxy) is 1. The number of halogens is 3. The van der Waals surface area contributed by atoms with E-state index < -0.39 is 4.92 Å². The summed E-state index contributed by atoms with van der Waals surface area (Å²) in [6.45, 7) is 1.89. The maximum Gasteiger partial charge on any atom is 0.311 e. The van der Waals surface area contributed by atoms with Gasteiger partial charge < -0.3 is 4.74 Å². The highest BCUT2D eigenvalue weighted by molar-refractivity contribution is 9.10. The molecule has 0 aliphatic carbocycles. The SMILES string of the molecule is CCc1nc2ccc(Br)cc2c(=O)n1N=Cc1ccc(OCc2ccc(Cl)cc2Cl)c([N+](=O)[O-])c1. The average molecular weight is 576 g/mol. The zero-order chi connectivity index (χ0) is 25.1. The molecule has 4 aromatic rings. The Labute approximate surface area is 218 Å². The van der Waals surface area contributed by atoms with Crippen LogP contribution < -0.4 is 10.3 Å². The Morgan fingerprint density at radius 1 is 1.17 bits per heavy atom. The van der Waals surface area contributed by atoms with Gasteiger partial charge in [0.1, 0.15) is 12.4 Å². The van der Waals surface area contributed by atoms with E-state index in [1.54, 1.807) is 36.4 Å². The van der Waals surface area contributed by atoms with E-state index in [2.05, 4.69) is 26.0 Å². The molecule has 0 N–H and O–H groups in total. The van der Waals surface area contributed by atoms with Crippen LogP contribution in [0.4, 0.5) is 5.69 Å². The predicted octanol–water partition coefficient (Wildman–Crippen LogP) is 6.40. The molecular weight excluding hydrogens is 559 g/mol. The highest BCUT2D eigenvalue weighted by atomic mass is 79.9. The highest BCUT2D eigenvalue weighted by Crippen LogP contribution is 2.30. The predicted molar refractivity (Wildman–Crippen MR) is 140 cm³/mol. The number of aryl methyl sites for hydroxylation is 1. The molecule has 1 aromatic heterocycles. The summed E-state index contributed by atoms with van der Waals surface area (Å²) in [6, 6.07) is 14.6. The van der Waals surface area contributed by atoms with Crippen LogP contribution in [-0.4, -0.2) is 20.8 Å². The van der Waals surface area contributed by atoms with Crippen molar-refractivity contribution in [3.05, 3.63) is 107 Å². The molecule has 0 unspecified atom stereocenters. The minimum atomic E-state index is -0.547. The van der Waals surface area contributed by atoms with Gasteiger partial charge in [0.25, 0.3) is 5.56 Å². The molecule has 0 bridgehead atoms. The number of aromatic nitrogens is 2. The first kappa shape index (κ1) is 24.8. The lowest BCUT2D eigenvalue weighted by molar-refractivity contribution is -0.385. The summed E-state index contributed by atoms with van der Waals surface area (Å²) in [5, 5.41) is 17.2. The third-order valence-corrected chi connectivity index (χ3v) is 6.17. The molecule has 0 atom stereocenters.